The van der Waals surface area contributed by atoms with Gasteiger partial charge in [0, 0.05) is 6.54 Å². The normalized spacial score (nSPS) is 15.1. The molecule has 0 aliphatic carbocycles. The highest BCUT2D eigenvalue weighted by atomic mass is 16.5. The Labute approximate surface area is 90.6 Å². The topological polar surface area (TPSA) is 47.3 Å². The molecule has 0 saturated carbocycles. The minimum absolute atomic E-state index is 0.113. The van der Waals surface area contributed by atoms with Crippen LogP contribution < -0.4 is 15.8 Å². The summed E-state index contributed by atoms with van der Waals surface area (Å²) in [6.07, 6.45) is 0. The number of nitrogens with one attached hydrogen (secondary N) is 1. The summed E-state index contributed by atoms with van der Waals surface area (Å²) < 4.78 is 5.53. The van der Waals surface area contributed by atoms with Crippen LogP contribution >= 0.6 is 0 Å². The van der Waals surface area contributed by atoms with Crippen molar-refractivity contribution in [2.24, 2.45) is 0 Å². The van der Waals surface area contributed by atoms with Crippen LogP contribution in [-0.2, 0) is 5.41 Å². The zero-order valence-corrected chi connectivity index (χ0v) is 9.55. The van der Waals surface area contributed by atoms with Crippen LogP contribution in [0.25, 0.3) is 0 Å². The molecule has 0 bridgehead atoms. The van der Waals surface area contributed by atoms with Crippen LogP contribution in [0.1, 0.15) is 26.3 Å². The minimum Gasteiger partial charge on any atom is -0.487 e. The van der Waals surface area contributed by atoms with Gasteiger partial charge in [-0.2, -0.15) is 0 Å². The Morgan fingerprint density at radius 3 is 2.73 bits per heavy atom. The van der Waals surface area contributed by atoms with Crippen molar-refractivity contribution in [2.45, 2.75) is 26.2 Å². The Bertz CT molecular complexity index is 380. The van der Waals surface area contributed by atoms with Gasteiger partial charge in [-0.05, 0) is 23.1 Å². The Morgan fingerprint density at radius 2 is 2.07 bits per heavy atom. The van der Waals surface area contributed by atoms with E-state index in [-0.39, 0.29) is 5.41 Å². The van der Waals surface area contributed by atoms with Crippen LogP contribution in [0, 0.1) is 0 Å². The van der Waals surface area contributed by atoms with Gasteiger partial charge in [0.05, 0.1) is 11.4 Å². The SMILES string of the molecule is CC(C)(C)c1cc(N)c2c(c1)NCCO2. The van der Waals surface area contributed by atoms with E-state index in [0.717, 1.165) is 23.7 Å². The smallest absolute Gasteiger partial charge is 0.165 e. The molecule has 0 saturated heterocycles. The van der Waals surface area contributed by atoms with Crippen LogP contribution in [0.2, 0.25) is 0 Å². The minimum atomic E-state index is 0.113. The highest BCUT2D eigenvalue weighted by molar-refractivity contribution is 5.72. The van der Waals surface area contributed by atoms with Gasteiger partial charge in [-0.25, -0.2) is 0 Å². The third-order valence-corrected chi connectivity index (χ3v) is 2.65. The van der Waals surface area contributed by atoms with E-state index < -0.39 is 0 Å². The van der Waals surface area contributed by atoms with E-state index in [9.17, 15) is 0 Å². The van der Waals surface area contributed by atoms with E-state index >= 15 is 0 Å². The third-order valence-electron chi connectivity index (χ3n) is 2.65. The highest BCUT2D eigenvalue weighted by Gasteiger charge is 2.20. The maximum absolute atomic E-state index is 5.97. The molecule has 1 aromatic carbocycles. The second-order valence-electron chi connectivity index (χ2n) is 4.97. The van der Waals surface area contributed by atoms with Gasteiger partial charge >= 0.3 is 0 Å². The molecule has 0 spiro atoms. The summed E-state index contributed by atoms with van der Waals surface area (Å²) in [6.45, 7) is 8.07. The predicted molar refractivity (Wildman–Crippen MR) is 63.5 cm³/mol. The fourth-order valence-corrected chi connectivity index (χ4v) is 1.72. The van der Waals surface area contributed by atoms with E-state index in [2.05, 4.69) is 32.2 Å². The first-order chi connectivity index (χ1) is 6.98. The monoisotopic (exact) mass is 206 g/mol. The van der Waals surface area contributed by atoms with Crippen LogP contribution in [0.4, 0.5) is 11.4 Å². The number of ether oxygens (including phenoxy) is 1. The fraction of sp³-hybridized carbons (Fsp3) is 0.500. The van der Waals surface area contributed by atoms with Crippen molar-refractivity contribution in [1.82, 2.24) is 0 Å². The number of rotatable bonds is 0. The molecule has 2 rings (SSSR count). The zero-order valence-electron chi connectivity index (χ0n) is 9.55. The van der Waals surface area contributed by atoms with Gasteiger partial charge < -0.3 is 15.8 Å². The number of nitrogen functional groups attached to an aromatic ring is 1. The predicted octanol–water partition coefficient (Wildman–Crippen LogP) is 2.37. The molecule has 82 valence electrons. The summed E-state index contributed by atoms with van der Waals surface area (Å²) in [5.74, 6) is 0.800. The quantitative estimate of drug-likeness (QED) is 0.641. The molecule has 1 heterocycles. The van der Waals surface area contributed by atoms with Crippen LogP contribution in [0.3, 0.4) is 0 Å². The highest BCUT2D eigenvalue weighted by Crippen LogP contribution is 2.38. The summed E-state index contributed by atoms with van der Waals surface area (Å²) in [5, 5.41) is 3.31. The van der Waals surface area contributed by atoms with Gasteiger partial charge in [-0.1, -0.05) is 20.8 Å². The molecule has 1 aliphatic heterocycles. The molecule has 15 heavy (non-hydrogen) atoms. The Kier molecular flexibility index (Phi) is 2.25. The summed E-state index contributed by atoms with van der Waals surface area (Å²) >= 11 is 0. The number of anilines is 2. The summed E-state index contributed by atoms with van der Waals surface area (Å²) in [6, 6.07) is 4.14. The van der Waals surface area contributed by atoms with Crippen molar-refractivity contribution >= 4 is 11.4 Å². The van der Waals surface area contributed by atoms with Crippen LogP contribution in [-0.4, -0.2) is 13.2 Å². The molecule has 0 aromatic heterocycles. The van der Waals surface area contributed by atoms with Gasteiger partial charge in [0.25, 0.3) is 0 Å². The fourth-order valence-electron chi connectivity index (χ4n) is 1.72. The van der Waals surface area contributed by atoms with E-state index in [1.807, 2.05) is 6.07 Å². The lowest BCUT2D eigenvalue weighted by Gasteiger charge is -2.25. The van der Waals surface area contributed by atoms with Gasteiger partial charge in [0.15, 0.2) is 5.75 Å². The van der Waals surface area contributed by atoms with Gasteiger partial charge in [-0.3, -0.25) is 0 Å². The molecule has 1 aromatic rings. The maximum atomic E-state index is 5.97. The molecule has 0 radical (unpaired) electrons. The first-order valence-electron chi connectivity index (χ1n) is 5.29. The lowest BCUT2D eigenvalue weighted by molar-refractivity contribution is 0.325. The lowest BCUT2D eigenvalue weighted by Crippen LogP contribution is -2.20. The van der Waals surface area contributed by atoms with Crippen molar-refractivity contribution in [1.29, 1.82) is 0 Å². The number of nitrogens with two attached hydrogens (primary N) is 1. The molecule has 0 atom stereocenters. The van der Waals surface area contributed by atoms with E-state index in [0.29, 0.717) is 6.61 Å². The second kappa shape index (κ2) is 3.33. The molecule has 0 fully saturated rings. The first-order valence-corrected chi connectivity index (χ1v) is 5.29. The van der Waals surface area contributed by atoms with Gasteiger partial charge in [-0.15, -0.1) is 0 Å². The first kappa shape index (κ1) is 10.1. The molecular formula is C12H18N2O. The van der Waals surface area contributed by atoms with Crippen molar-refractivity contribution in [3.63, 3.8) is 0 Å². The largest absolute Gasteiger partial charge is 0.487 e. The number of hydrogen-bond donors (Lipinski definition) is 2. The van der Waals surface area contributed by atoms with Crippen molar-refractivity contribution < 1.29 is 4.74 Å². The molecule has 0 amide bonds. The standard InChI is InChI=1S/C12H18N2O/c1-12(2,3)8-6-9(13)11-10(7-8)14-4-5-15-11/h6-7,14H,4-5,13H2,1-3H3. The molecule has 0 unspecified atom stereocenters. The summed E-state index contributed by atoms with van der Waals surface area (Å²) in [5.41, 5.74) is 9.07. The van der Waals surface area contributed by atoms with E-state index in [4.69, 9.17) is 10.5 Å². The Balaban J connectivity index is 2.50. The van der Waals surface area contributed by atoms with Crippen LogP contribution in [0.15, 0.2) is 12.1 Å². The van der Waals surface area contributed by atoms with Crippen molar-refractivity contribution in [3.05, 3.63) is 17.7 Å². The average Bonchev–Trinajstić information content (AvgIpc) is 2.16. The van der Waals surface area contributed by atoms with Crippen LogP contribution in [0.5, 0.6) is 5.75 Å². The zero-order chi connectivity index (χ0) is 11.1. The summed E-state index contributed by atoms with van der Waals surface area (Å²) in [7, 11) is 0. The second-order valence-corrected chi connectivity index (χ2v) is 4.97. The number of fused-ring (bicyclic) bond motifs is 1. The van der Waals surface area contributed by atoms with Gasteiger partial charge in [0.2, 0.25) is 0 Å². The molecule has 3 N–H and O–H groups in total. The molecule has 3 heteroatoms. The Hall–Kier alpha value is -1.38. The average molecular weight is 206 g/mol. The van der Waals surface area contributed by atoms with E-state index in [1.165, 1.54) is 5.56 Å². The number of hydrogen-bond acceptors (Lipinski definition) is 3. The Morgan fingerprint density at radius 1 is 1.33 bits per heavy atom. The molecule has 3 nitrogen and oxygen atoms in total. The number of benzene rings is 1. The lowest BCUT2D eigenvalue weighted by atomic mass is 9.86. The molecule has 1 aliphatic rings. The summed E-state index contributed by atoms with van der Waals surface area (Å²) in [4.78, 5) is 0. The maximum Gasteiger partial charge on any atom is 0.165 e. The van der Waals surface area contributed by atoms with Crippen molar-refractivity contribution in [3.8, 4) is 5.75 Å². The van der Waals surface area contributed by atoms with E-state index in [1.54, 1.807) is 0 Å². The third kappa shape index (κ3) is 1.87. The molecular weight excluding hydrogens is 188 g/mol. The van der Waals surface area contributed by atoms with Gasteiger partial charge in [0.1, 0.15) is 6.61 Å². The van der Waals surface area contributed by atoms with Crippen molar-refractivity contribution in [2.75, 3.05) is 24.2 Å².